The molecular weight excluding hydrogens is 409 g/mol. The number of aromatic nitrogens is 2. The van der Waals surface area contributed by atoms with E-state index in [0.29, 0.717) is 28.1 Å². The van der Waals surface area contributed by atoms with Gasteiger partial charge in [-0.15, -0.1) is 0 Å². The van der Waals surface area contributed by atoms with E-state index in [1.54, 1.807) is 19.1 Å². The third-order valence-corrected chi connectivity index (χ3v) is 5.18. The fourth-order valence-corrected chi connectivity index (χ4v) is 3.52. The predicted molar refractivity (Wildman–Crippen MR) is 108 cm³/mol. The number of nitrogens with zero attached hydrogens (tertiary/aromatic N) is 2. The summed E-state index contributed by atoms with van der Waals surface area (Å²) in [5.74, 6) is -0.933. The first-order valence-corrected chi connectivity index (χ1v) is 9.62. The maximum absolute atomic E-state index is 13.1. The Bertz CT molecular complexity index is 1180. The molecule has 0 spiro atoms. The maximum atomic E-state index is 13.1. The SMILES string of the molecule is Cc1cc(NC(=O)c2cnn(-c3cccc(C(F)(F)F)c3)c2C2CC2)ccc1C(N)=O. The van der Waals surface area contributed by atoms with Gasteiger partial charge in [-0.05, 0) is 61.7 Å². The van der Waals surface area contributed by atoms with Crippen molar-refractivity contribution in [1.29, 1.82) is 0 Å². The molecule has 1 aliphatic rings. The van der Waals surface area contributed by atoms with Crippen LogP contribution in [0.5, 0.6) is 0 Å². The highest BCUT2D eigenvalue weighted by molar-refractivity contribution is 6.05. The van der Waals surface area contributed by atoms with Gasteiger partial charge in [0, 0.05) is 17.2 Å². The van der Waals surface area contributed by atoms with Gasteiger partial charge in [0.1, 0.15) is 0 Å². The molecule has 1 saturated carbocycles. The van der Waals surface area contributed by atoms with E-state index in [4.69, 9.17) is 5.73 Å². The van der Waals surface area contributed by atoms with Crippen LogP contribution >= 0.6 is 0 Å². The molecule has 31 heavy (non-hydrogen) atoms. The van der Waals surface area contributed by atoms with Gasteiger partial charge in [-0.2, -0.15) is 18.3 Å². The summed E-state index contributed by atoms with van der Waals surface area (Å²) in [5.41, 5.74) is 7.11. The summed E-state index contributed by atoms with van der Waals surface area (Å²) in [6, 6.07) is 9.59. The van der Waals surface area contributed by atoms with Crippen LogP contribution in [0, 0.1) is 6.92 Å². The van der Waals surface area contributed by atoms with Crippen molar-refractivity contribution in [3.8, 4) is 5.69 Å². The molecule has 0 atom stereocenters. The zero-order chi connectivity index (χ0) is 22.3. The molecule has 1 aliphatic carbocycles. The second-order valence-electron chi connectivity index (χ2n) is 7.53. The van der Waals surface area contributed by atoms with Crippen molar-refractivity contribution in [2.75, 3.05) is 5.32 Å². The summed E-state index contributed by atoms with van der Waals surface area (Å²) in [6.07, 6.45) is -1.44. The Morgan fingerprint density at radius 1 is 1.13 bits per heavy atom. The van der Waals surface area contributed by atoms with Gasteiger partial charge in [0.05, 0.1) is 28.7 Å². The maximum Gasteiger partial charge on any atom is 0.416 e. The summed E-state index contributed by atoms with van der Waals surface area (Å²) < 4.78 is 40.8. The third kappa shape index (κ3) is 4.16. The second-order valence-corrected chi connectivity index (χ2v) is 7.53. The van der Waals surface area contributed by atoms with Crippen molar-refractivity contribution in [2.24, 2.45) is 5.73 Å². The van der Waals surface area contributed by atoms with E-state index in [-0.39, 0.29) is 11.6 Å². The molecule has 0 unspecified atom stereocenters. The quantitative estimate of drug-likeness (QED) is 0.630. The number of benzene rings is 2. The van der Waals surface area contributed by atoms with Crippen LogP contribution in [0.3, 0.4) is 0 Å². The minimum atomic E-state index is -4.47. The van der Waals surface area contributed by atoms with Crippen molar-refractivity contribution >= 4 is 17.5 Å². The molecule has 3 aromatic rings. The van der Waals surface area contributed by atoms with E-state index in [0.717, 1.165) is 25.0 Å². The number of primary amides is 1. The molecule has 160 valence electrons. The molecule has 0 saturated heterocycles. The molecule has 0 aliphatic heterocycles. The molecule has 4 rings (SSSR count). The molecule has 2 aromatic carbocycles. The number of halogens is 3. The van der Waals surface area contributed by atoms with E-state index in [2.05, 4.69) is 10.4 Å². The molecule has 6 nitrogen and oxygen atoms in total. The molecule has 2 amide bonds. The molecule has 9 heteroatoms. The normalized spacial score (nSPS) is 13.8. The van der Waals surface area contributed by atoms with Crippen LogP contribution in [0.1, 0.15) is 56.3 Å². The lowest BCUT2D eigenvalue weighted by molar-refractivity contribution is -0.137. The van der Waals surface area contributed by atoms with E-state index < -0.39 is 23.6 Å². The number of carbonyl (C=O) groups excluding carboxylic acids is 2. The number of aryl methyl sites for hydroxylation is 1. The highest BCUT2D eigenvalue weighted by Crippen LogP contribution is 2.43. The van der Waals surface area contributed by atoms with E-state index in [1.165, 1.54) is 29.1 Å². The van der Waals surface area contributed by atoms with Gasteiger partial charge < -0.3 is 11.1 Å². The van der Waals surface area contributed by atoms with Crippen LogP contribution in [-0.4, -0.2) is 21.6 Å². The monoisotopic (exact) mass is 428 g/mol. The summed E-state index contributed by atoms with van der Waals surface area (Å²) in [6.45, 7) is 1.71. The zero-order valence-corrected chi connectivity index (χ0v) is 16.5. The number of nitrogens with one attached hydrogen (secondary N) is 1. The minimum absolute atomic E-state index is 0.0526. The van der Waals surface area contributed by atoms with Gasteiger partial charge >= 0.3 is 6.18 Å². The Kier molecular flexibility index (Phi) is 5.04. The smallest absolute Gasteiger partial charge is 0.366 e. The average molecular weight is 428 g/mol. The molecule has 0 radical (unpaired) electrons. The Balaban J connectivity index is 1.66. The fraction of sp³-hybridized carbons (Fsp3) is 0.227. The van der Waals surface area contributed by atoms with Gasteiger partial charge in [0.2, 0.25) is 5.91 Å². The third-order valence-electron chi connectivity index (χ3n) is 5.18. The standard InChI is InChI=1S/C22H19F3N4O2/c1-12-9-15(7-8-17(12)20(26)30)28-21(31)18-11-27-29(19(18)13-5-6-13)16-4-2-3-14(10-16)22(23,24)25/h2-4,7-11,13H,5-6H2,1H3,(H2,26,30)(H,28,31). The van der Waals surface area contributed by atoms with Crippen LogP contribution < -0.4 is 11.1 Å². The first-order valence-electron chi connectivity index (χ1n) is 9.62. The van der Waals surface area contributed by atoms with Crippen molar-refractivity contribution in [2.45, 2.75) is 31.9 Å². The van der Waals surface area contributed by atoms with Crippen molar-refractivity contribution in [1.82, 2.24) is 9.78 Å². The second kappa shape index (κ2) is 7.57. The molecular formula is C22H19F3N4O2. The highest BCUT2D eigenvalue weighted by atomic mass is 19.4. The van der Waals surface area contributed by atoms with Crippen molar-refractivity contribution in [3.05, 3.63) is 76.6 Å². The van der Waals surface area contributed by atoms with Gasteiger partial charge in [-0.1, -0.05) is 6.07 Å². The summed E-state index contributed by atoms with van der Waals surface area (Å²) >= 11 is 0. The van der Waals surface area contributed by atoms with Crippen LogP contribution in [0.2, 0.25) is 0 Å². The Hall–Kier alpha value is -3.62. The molecule has 3 N–H and O–H groups in total. The van der Waals surface area contributed by atoms with E-state index >= 15 is 0 Å². The van der Waals surface area contributed by atoms with Gasteiger partial charge in [-0.3, -0.25) is 9.59 Å². The first-order chi connectivity index (χ1) is 14.6. The predicted octanol–water partition coefficient (Wildman–Crippen LogP) is 4.43. The van der Waals surface area contributed by atoms with Crippen LogP contribution in [0.25, 0.3) is 5.69 Å². The van der Waals surface area contributed by atoms with E-state index in [9.17, 15) is 22.8 Å². The van der Waals surface area contributed by atoms with Crippen molar-refractivity contribution in [3.63, 3.8) is 0 Å². The molecule has 1 fully saturated rings. The fourth-order valence-electron chi connectivity index (χ4n) is 3.52. The topological polar surface area (TPSA) is 90.0 Å². The van der Waals surface area contributed by atoms with Crippen LogP contribution in [0.4, 0.5) is 18.9 Å². The number of nitrogens with two attached hydrogens (primary N) is 1. The lowest BCUT2D eigenvalue weighted by Crippen LogP contribution is -2.16. The average Bonchev–Trinajstić information content (AvgIpc) is 3.44. The summed E-state index contributed by atoms with van der Waals surface area (Å²) in [5, 5.41) is 6.98. The number of rotatable bonds is 5. The number of anilines is 1. The zero-order valence-electron chi connectivity index (χ0n) is 16.5. The number of amides is 2. The lowest BCUT2D eigenvalue weighted by Gasteiger charge is -2.12. The van der Waals surface area contributed by atoms with Gasteiger partial charge in [-0.25, -0.2) is 4.68 Å². The van der Waals surface area contributed by atoms with Gasteiger partial charge in [0.15, 0.2) is 0 Å². The summed E-state index contributed by atoms with van der Waals surface area (Å²) in [7, 11) is 0. The highest BCUT2D eigenvalue weighted by Gasteiger charge is 2.34. The number of hydrogen-bond donors (Lipinski definition) is 2. The largest absolute Gasteiger partial charge is 0.416 e. The minimum Gasteiger partial charge on any atom is -0.366 e. The Morgan fingerprint density at radius 2 is 1.87 bits per heavy atom. The Labute approximate surface area is 175 Å². The number of carbonyl (C=O) groups is 2. The van der Waals surface area contributed by atoms with Crippen LogP contribution in [-0.2, 0) is 6.18 Å². The van der Waals surface area contributed by atoms with Crippen molar-refractivity contribution < 1.29 is 22.8 Å². The first kappa shape index (κ1) is 20.6. The lowest BCUT2D eigenvalue weighted by atomic mass is 10.1. The van der Waals surface area contributed by atoms with Crippen LogP contribution in [0.15, 0.2) is 48.7 Å². The number of alkyl halides is 3. The van der Waals surface area contributed by atoms with E-state index in [1.807, 2.05) is 0 Å². The Morgan fingerprint density at radius 3 is 2.48 bits per heavy atom. The molecule has 0 bridgehead atoms. The molecule has 1 heterocycles. The molecule has 1 aromatic heterocycles. The van der Waals surface area contributed by atoms with Gasteiger partial charge in [0.25, 0.3) is 5.91 Å². The summed E-state index contributed by atoms with van der Waals surface area (Å²) in [4.78, 5) is 24.3. The number of hydrogen-bond acceptors (Lipinski definition) is 3.